The van der Waals surface area contributed by atoms with Crippen LogP contribution >= 0.6 is 0 Å². The number of hydrazine groups is 1. The second-order valence-electron chi connectivity index (χ2n) is 9.76. The van der Waals surface area contributed by atoms with Gasteiger partial charge in [0.2, 0.25) is 0 Å². The number of aliphatic hydroxyl groups is 1. The maximum Gasteiger partial charge on any atom is 0.279 e. The lowest BCUT2D eigenvalue weighted by atomic mass is 9.85. The number of nitrogens with zero attached hydrogens (tertiary/aromatic N) is 1. The first kappa shape index (κ1) is 26.8. The van der Waals surface area contributed by atoms with Crippen LogP contribution in [0.25, 0.3) is 0 Å². The molecule has 0 fully saturated rings. The van der Waals surface area contributed by atoms with Gasteiger partial charge in [-0.3, -0.25) is 15.0 Å². The average Bonchev–Trinajstić information content (AvgIpc) is 2.94. The highest BCUT2D eigenvalue weighted by Gasteiger charge is 2.42. The first-order valence-corrected chi connectivity index (χ1v) is 12.9. The molecule has 5 nitrogen and oxygen atoms in total. The van der Waals surface area contributed by atoms with Gasteiger partial charge in [0.15, 0.2) is 5.60 Å². The normalized spacial score (nSPS) is 12.0. The van der Waals surface area contributed by atoms with Gasteiger partial charge in [-0.15, -0.1) is 0 Å². The number of carbonyl (C=O) groups is 2. The van der Waals surface area contributed by atoms with E-state index < -0.39 is 17.6 Å². The maximum absolute atomic E-state index is 14.1. The van der Waals surface area contributed by atoms with Crippen LogP contribution < -0.4 is 5.43 Å². The number of nitrogens with one attached hydrogen (secondary N) is 1. The zero-order valence-corrected chi connectivity index (χ0v) is 22.3. The first-order chi connectivity index (χ1) is 18.2. The molecule has 2 amide bonds. The molecule has 0 heterocycles. The average molecular weight is 507 g/mol. The first-order valence-electron chi connectivity index (χ1n) is 12.9. The third-order valence-corrected chi connectivity index (χ3v) is 6.89. The van der Waals surface area contributed by atoms with Crippen molar-refractivity contribution in [2.45, 2.75) is 45.8 Å². The molecule has 4 rings (SSSR count). The van der Waals surface area contributed by atoms with Gasteiger partial charge in [0, 0.05) is 5.56 Å². The number of amides is 2. The van der Waals surface area contributed by atoms with Crippen molar-refractivity contribution in [1.82, 2.24) is 10.4 Å². The summed E-state index contributed by atoms with van der Waals surface area (Å²) in [6.45, 7) is 7.86. The second-order valence-corrected chi connectivity index (χ2v) is 9.76. The molecule has 5 heteroatoms. The van der Waals surface area contributed by atoms with Crippen LogP contribution in [0.2, 0.25) is 0 Å². The predicted octanol–water partition coefficient (Wildman–Crippen LogP) is 6.17. The third kappa shape index (κ3) is 5.53. The molecule has 0 unspecified atom stereocenters. The smallest absolute Gasteiger partial charge is 0.279 e. The van der Waals surface area contributed by atoms with Crippen LogP contribution in [0.1, 0.15) is 63.1 Å². The van der Waals surface area contributed by atoms with Gasteiger partial charge < -0.3 is 5.11 Å². The summed E-state index contributed by atoms with van der Waals surface area (Å²) in [7, 11) is 0. The number of aryl methyl sites for hydroxylation is 3. The summed E-state index contributed by atoms with van der Waals surface area (Å²) in [5.41, 5.74) is 6.08. The van der Waals surface area contributed by atoms with Crippen LogP contribution in [0.3, 0.4) is 0 Å². The highest BCUT2D eigenvalue weighted by atomic mass is 16.3. The summed E-state index contributed by atoms with van der Waals surface area (Å²) in [4.78, 5) is 28.0. The van der Waals surface area contributed by atoms with Crippen LogP contribution in [0.15, 0.2) is 103 Å². The van der Waals surface area contributed by atoms with E-state index in [0.29, 0.717) is 23.1 Å². The molecule has 0 spiro atoms. The van der Waals surface area contributed by atoms with E-state index in [1.807, 2.05) is 82.3 Å². The van der Waals surface area contributed by atoms with E-state index in [1.165, 1.54) is 5.01 Å². The van der Waals surface area contributed by atoms with E-state index >= 15 is 0 Å². The molecule has 1 atom stereocenters. The Kier molecular flexibility index (Phi) is 8.08. The van der Waals surface area contributed by atoms with Crippen molar-refractivity contribution in [3.8, 4) is 0 Å². The molecule has 0 aliphatic rings. The van der Waals surface area contributed by atoms with Crippen molar-refractivity contribution in [1.29, 1.82) is 0 Å². The largest absolute Gasteiger partial charge is 0.372 e. The quantitative estimate of drug-likeness (QED) is 0.295. The lowest BCUT2D eigenvalue weighted by Crippen LogP contribution is -2.55. The van der Waals surface area contributed by atoms with Crippen molar-refractivity contribution < 1.29 is 14.7 Å². The Labute approximate surface area is 224 Å². The SMILES string of the molecule is CC[C@@H](c1ccc(C)cc1)N(NC(=O)C(O)(c1ccc(C)cc1)c1ccc(C)cc1)C(=O)c1ccccc1. The zero-order valence-electron chi connectivity index (χ0n) is 22.3. The lowest BCUT2D eigenvalue weighted by Gasteiger charge is -2.36. The fourth-order valence-electron chi connectivity index (χ4n) is 4.55. The Hall–Kier alpha value is -4.22. The molecule has 0 saturated heterocycles. The Morgan fingerprint density at radius 2 is 1.18 bits per heavy atom. The van der Waals surface area contributed by atoms with Crippen molar-refractivity contribution in [3.05, 3.63) is 142 Å². The molecule has 4 aromatic rings. The third-order valence-electron chi connectivity index (χ3n) is 6.89. The van der Waals surface area contributed by atoms with Gasteiger partial charge in [-0.2, -0.15) is 0 Å². The molecule has 194 valence electrons. The molecule has 2 N–H and O–H groups in total. The fourth-order valence-corrected chi connectivity index (χ4v) is 4.55. The summed E-state index contributed by atoms with van der Waals surface area (Å²) >= 11 is 0. The minimum absolute atomic E-state index is 0.360. The second kappa shape index (κ2) is 11.4. The number of benzene rings is 4. The molecule has 0 saturated carbocycles. The summed E-state index contributed by atoms with van der Waals surface area (Å²) in [6, 6.07) is 30.7. The Balaban J connectivity index is 1.81. The molecular formula is C33H34N2O3. The fraction of sp³-hybridized carbons (Fsp3) is 0.212. The molecule has 0 bridgehead atoms. The van der Waals surface area contributed by atoms with Crippen LogP contribution in [0.4, 0.5) is 0 Å². The van der Waals surface area contributed by atoms with Gasteiger partial charge in [0.25, 0.3) is 11.8 Å². The van der Waals surface area contributed by atoms with Gasteiger partial charge in [0.05, 0.1) is 6.04 Å². The number of hydrogen-bond donors (Lipinski definition) is 2. The lowest BCUT2D eigenvalue weighted by molar-refractivity contribution is -0.142. The van der Waals surface area contributed by atoms with Crippen molar-refractivity contribution >= 4 is 11.8 Å². The van der Waals surface area contributed by atoms with E-state index in [4.69, 9.17) is 0 Å². The molecule has 0 aliphatic carbocycles. The van der Waals surface area contributed by atoms with Crippen LogP contribution in [0, 0.1) is 20.8 Å². The van der Waals surface area contributed by atoms with E-state index in [9.17, 15) is 14.7 Å². The van der Waals surface area contributed by atoms with Gasteiger partial charge in [0.1, 0.15) is 0 Å². The van der Waals surface area contributed by atoms with E-state index in [1.54, 1.807) is 48.5 Å². The van der Waals surface area contributed by atoms with Gasteiger partial charge in [-0.25, -0.2) is 5.01 Å². The molecule has 38 heavy (non-hydrogen) atoms. The molecule has 0 radical (unpaired) electrons. The van der Waals surface area contributed by atoms with Crippen molar-refractivity contribution in [2.24, 2.45) is 0 Å². The highest BCUT2D eigenvalue weighted by molar-refractivity contribution is 5.97. The monoisotopic (exact) mass is 506 g/mol. The van der Waals surface area contributed by atoms with Gasteiger partial charge in [-0.1, -0.05) is 115 Å². The summed E-state index contributed by atoms with van der Waals surface area (Å²) in [5, 5.41) is 13.5. The van der Waals surface area contributed by atoms with Gasteiger partial charge >= 0.3 is 0 Å². The maximum atomic E-state index is 14.1. The standard InChI is InChI=1S/C33H34N2O3/c1-5-30(26-17-11-23(2)12-18-26)35(31(36)27-9-7-6-8-10-27)34-32(37)33(38,28-19-13-24(3)14-20-28)29-21-15-25(4)16-22-29/h6-22,30,38H,5H2,1-4H3,(H,34,37)/t30-/m0/s1. The topological polar surface area (TPSA) is 69.6 Å². The van der Waals surface area contributed by atoms with E-state index in [0.717, 1.165) is 22.3 Å². The van der Waals surface area contributed by atoms with E-state index in [2.05, 4.69) is 5.43 Å². The van der Waals surface area contributed by atoms with E-state index in [-0.39, 0.29) is 5.91 Å². The Bertz CT molecular complexity index is 1330. The number of hydrogen-bond acceptors (Lipinski definition) is 3. The molecule has 4 aromatic carbocycles. The van der Waals surface area contributed by atoms with Crippen molar-refractivity contribution in [2.75, 3.05) is 0 Å². The summed E-state index contributed by atoms with van der Waals surface area (Å²) in [5.74, 6) is -1.07. The van der Waals surface area contributed by atoms with Crippen LogP contribution in [-0.2, 0) is 10.4 Å². The summed E-state index contributed by atoms with van der Waals surface area (Å²) in [6.07, 6.45) is 0.551. The Morgan fingerprint density at radius 3 is 1.63 bits per heavy atom. The molecular weight excluding hydrogens is 472 g/mol. The minimum atomic E-state index is -2.03. The predicted molar refractivity (Wildman–Crippen MR) is 150 cm³/mol. The highest BCUT2D eigenvalue weighted by Crippen LogP contribution is 2.32. The molecule has 0 aliphatic heterocycles. The van der Waals surface area contributed by atoms with Crippen LogP contribution in [0.5, 0.6) is 0 Å². The zero-order chi connectivity index (χ0) is 27.3. The number of carbonyl (C=O) groups excluding carboxylic acids is 2. The van der Waals surface area contributed by atoms with Crippen molar-refractivity contribution in [3.63, 3.8) is 0 Å². The van der Waals surface area contributed by atoms with Gasteiger partial charge in [-0.05, 0) is 56.0 Å². The molecule has 0 aromatic heterocycles. The minimum Gasteiger partial charge on any atom is -0.372 e. The number of rotatable bonds is 7. The summed E-state index contributed by atoms with van der Waals surface area (Å²) < 4.78 is 0. The van der Waals surface area contributed by atoms with Crippen LogP contribution in [-0.4, -0.2) is 21.9 Å². The Morgan fingerprint density at radius 1 is 0.737 bits per heavy atom.